The van der Waals surface area contributed by atoms with Gasteiger partial charge in [-0.15, -0.1) is 0 Å². The molecule has 4 nitrogen and oxygen atoms in total. The molecule has 0 bridgehead atoms. The molecule has 0 heterocycles. The topological polar surface area (TPSA) is 58.6 Å². The van der Waals surface area contributed by atoms with E-state index in [4.69, 9.17) is 4.74 Å². The standard InChI is InChI=1S/C18H20BrNO3/c1-13-3-9-16(10-4-13)23-11-17(21)20-12-18(2,22)14-5-7-15(19)8-6-14/h3-10,22H,11-12H2,1-2H3,(H,20,21). The van der Waals surface area contributed by atoms with E-state index in [2.05, 4.69) is 21.2 Å². The minimum Gasteiger partial charge on any atom is -0.484 e. The average molecular weight is 378 g/mol. The molecule has 5 heteroatoms. The van der Waals surface area contributed by atoms with Crippen LogP contribution in [-0.2, 0) is 10.4 Å². The molecule has 0 saturated carbocycles. The van der Waals surface area contributed by atoms with E-state index in [0.29, 0.717) is 5.75 Å². The van der Waals surface area contributed by atoms with Crippen molar-refractivity contribution in [1.82, 2.24) is 5.32 Å². The Morgan fingerprint density at radius 2 is 1.78 bits per heavy atom. The average Bonchev–Trinajstić information content (AvgIpc) is 2.53. The van der Waals surface area contributed by atoms with Crippen molar-refractivity contribution in [3.05, 3.63) is 64.1 Å². The molecular formula is C18H20BrNO3. The molecule has 2 aromatic carbocycles. The Bertz CT molecular complexity index is 651. The van der Waals surface area contributed by atoms with Gasteiger partial charge in [-0.3, -0.25) is 4.79 Å². The highest BCUT2D eigenvalue weighted by Crippen LogP contribution is 2.21. The normalized spacial score (nSPS) is 13.2. The zero-order chi connectivity index (χ0) is 16.9. The van der Waals surface area contributed by atoms with Crippen molar-refractivity contribution in [2.24, 2.45) is 0 Å². The smallest absolute Gasteiger partial charge is 0.258 e. The second kappa shape index (κ2) is 7.62. The summed E-state index contributed by atoms with van der Waals surface area (Å²) in [5, 5.41) is 13.2. The van der Waals surface area contributed by atoms with Crippen LogP contribution in [0.15, 0.2) is 53.0 Å². The molecule has 0 aliphatic heterocycles. The van der Waals surface area contributed by atoms with Gasteiger partial charge in [0.15, 0.2) is 6.61 Å². The number of halogens is 1. The highest BCUT2D eigenvalue weighted by atomic mass is 79.9. The molecule has 1 unspecified atom stereocenters. The van der Waals surface area contributed by atoms with Crippen LogP contribution in [0.3, 0.4) is 0 Å². The fourth-order valence-electron chi connectivity index (χ4n) is 2.02. The van der Waals surface area contributed by atoms with Gasteiger partial charge in [0.2, 0.25) is 0 Å². The third-order valence-electron chi connectivity index (χ3n) is 3.49. The maximum Gasteiger partial charge on any atom is 0.258 e. The number of rotatable bonds is 6. The fourth-order valence-corrected chi connectivity index (χ4v) is 2.28. The summed E-state index contributed by atoms with van der Waals surface area (Å²) >= 11 is 3.35. The van der Waals surface area contributed by atoms with E-state index in [9.17, 15) is 9.90 Å². The van der Waals surface area contributed by atoms with Gasteiger partial charge in [0.25, 0.3) is 5.91 Å². The van der Waals surface area contributed by atoms with Crippen molar-refractivity contribution in [3.8, 4) is 5.75 Å². The molecule has 122 valence electrons. The fraction of sp³-hybridized carbons (Fsp3) is 0.278. The summed E-state index contributed by atoms with van der Waals surface area (Å²) in [6.45, 7) is 3.68. The molecule has 0 aliphatic carbocycles. The maximum absolute atomic E-state index is 11.9. The van der Waals surface area contributed by atoms with Crippen molar-refractivity contribution in [2.75, 3.05) is 13.2 Å². The molecule has 2 aromatic rings. The summed E-state index contributed by atoms with van der Waals surface area (Å²) in [7, 11) is 0. The summed E-state index contributed by atoms with van der Waals surface area (Å²) in [4.78, 5) is 11.9. The van der Waals surface area contributed by atoms with Gasteiger partial charge in [0.1, 0.15) is 11.4 Å². The molecule has 0 saturated heterocycles. The first kappa shape index (κ1) is 17.5. The van der Waals surface area contributed by atoms with Gasteiger partial charge >= 0.3 is 0 Å². The van der Waals surface area contributed by atoms with Crippen LogP contribution in [0.1, 0.15) is 18.1 Å². The third-order valence-corrected chi connectivity index (χ3v) is 4.02. The van der Waals surface area contributed by atoms with Gasteiger partial charge in [0.05, 0.1) is 6.54 Å². The quantitative estimate of drug-likeness (QED) is 0.812. The van der Waals surface area contributed by atoms with E-state index in [0.717, 1.165) is 15.6 Å². The zero-order valence-electron chi connectivity index (χ0n) is 13.2. The zero-order valence-corrected chi connectivity index (χ0v) is 14.8. The summed E-state index contributed by atoms with van der Waals surface area (Å²) in [5.41, 5.74) is 0.730. The Hall–Kier alpha value is -1.85. The Morgan fingerprint density at radius 1 is 1.17 bits per heavy atom. The molecule has 0 radical (unpaired) electrons. The largest absolute Gasteiger partial charge is 0.484 e. The summed E-state index contributed by atoms with van der Waals surface area (Å²) in [6, 6.07) is 14.8. The van der Waals surface area contributed by atoms with Crippen LogP contribution in [-0.4, -0.2) is 24.2 Å². The number of ether oxygens (including phenoxy) is 1. The van der Waals surface area contributed by atoms with Crippen molar-refractivity contribution >= 4 is 21.8 Å². The number of carbonyl (C=O) groups is 1. The SMILES string of the molecule is Cc1ccc(OCC(=O)NCC(C)(O)c2ccc(Br)cc2)cc1. The van der Waals surface area contributed by atoms with Crippen molar-refractivity contribution in [2.45, 2.75) is 19.4 Å². The van der Waals surface area contributed by atoms with Crippen LogP contribution >= 0.6 is 15.9 Å². The molecule has 23 heavy (non-hydrogen) atoms. The molecule has 2 rings (SSSR count). The molecule has 0 aliphatic rings. The van der Waals surface area contributed by atoms with E-state index >= 15 is 0 Å². The van der Waals surface area contributed by atoms with Gasteiger partial charge in [-0.1, -0.05) is 45.8 Å². The lowest BCUT2D eigenvalue weighted by molar-refractivity contribution is -0.124. The molecule has 1 amide bonds. The number of hydrogen-bond donors (Lipinski definition) is 2. The maximum atomic E-state index is 11.9. The molecule has 1 atom stereocenters. The van der Waals surface area contributed by atoms with E-state index in [1.54, 1.807) is 6.92 Å². The second-order valence-electron chi connectivity index (χ2n) is 5.66. The second-order valence-corrected chi connectivity index (χ2v) is 6.57. The van der Waals surface area contributed by atoms with E-state index in [1.165, 1.54) is 0 Å². The van der Waals surface area contributed by atoms with Crippen molar-refractivity contribution in [1.29, 1.82) is 0 Å². The molecule has 2 N–H and O–H groups in total. The number of nitrogens with one attached hydrogen (secondary N) is 1. The molecule has 0 spiro atoms. The van der Waals surface area contributed by atoms with Gasteiger partial charge < -0.3 is 15.2 Å². The van der Waals surface area contributed by atoms with Crippen LogP contribution in [0.2, 0.25) is 0 Å². The highest BCUT2D eigenvalue weighted by Gasteiger charge is 2.23. The van der Waals surface area contributed by atoms with Crippen molar-refractivity contribution in [3.63, 3.8) is 0 Å². The molecule has 0 aromatic heterocycles. The van der Waals surface area contributed by atoms with Crippen LogP contribution in [0, 0.1) is 6.92 Å². The minimum atomic E-state index is -1.14. The predicted molar refractivity (Wildman–Crippen MR) is 93.4 cm³/mol. The Kier molecular flexibility index (Phi) is 5.80. The van der Waals surface area contributed by atoms with Crippen LogP contribution < -0.4 is 10.1 Å². The first-order valence-corrected chi connectivity index (χ1v) is 8.11. The summed E-state index contributed by atoms with van der Waals surface area (Å²) < 4.78 is 6.35. The summed E-state index contributed by atoms with van der Waals surface area (Å²) in [5.74, 6) is 0.369. The van der Waals surface area contributed by atoms with Crippen molar-refractivity contribution < 1.29 is 14.6 Å². The molecule has 0 fully saturated rings. The van der Waals surface area contributed by atoms with Gasteiger partial charge in [0, 0.05) is 4.47 Å². The highest BCUT2D eigenvalue weighted by molar-refractivity contribution is 9.10. The van der Waals surface area contributed by atoms with Crippen LogP contribution in [0.4, 0.5) is 0 Å². The Labute approximate surface area is 144 Å². The number of aliphatic hydroxyl groups is 1. The summed E-state index contributed by atoms with van der Waals surface area (Å²) in [6.07, 6.45) is 0. The number of hydrogen-bond acceptors (Lipinski definition) is 3. The van der Waals surface area contributed by atoms with Gasteiger partial charge in [-0.25, -0.2) is 0 Å². The van der Waals surface area contributed by atoms with E-state index in [1.807, 2.05) is 55.5 Å². The lowest BCUT2D eigenvalue weighted by Crippen LogP contribution is -2.40. The lowest BCUT2D eigenvalue weighted by Gasteiger charge is -2.24. The first-order valence-electron chi connectivity index (χ1n) is 7.31. The van der Waals surface area contributed by atoms with Crippen LogP contribution in [0.25, 0.3) is 0 Å². The first-order chi connectivity index (χ1) is 10.9. The monoisotopic (exact) mass is 377 g/mol. The number of amides is 1. The lowest BCUT2D eigenvalue weighted by atomic mass is 9.96. The number of aryl methyl sites for hydroxylation is 1. The van der Waals surface area contributed by atoms with Crippen LogP contribution in [0.5, 0.6) is 5.75 Å². The number of carbonyl (C=O) groups excluding carboxylic acids is 1. The molecular weight excluding hydrogens is 358 g/mol. The van der Waals surface area contributed by atoms with E-state index < -0.39 is 5.60 Å². The minimum absolute atomic E-state index is 0.0839. The predicted octanol–water partition coefficient (Wildman–Crippen LogP) is 3.16. The number of benzene rings is 2. The van der Waals surface area contributed by atoms with E-state index in [-0.39, 0.29) is 19.1 Å². The van der Waals surface area contributed by atoms with Gasteiger partial charge in [-0.05, 0) is 43.7 Å². The Balaban J connectivity index is 1.83. The van der Waals surface area contributed by atoms with Gasteiger partial charge in [-0.2, -0.15) is 0 Å². The Morgan fingerprint density at radius 3 is 2.39 bits per heavy atom. The third kappa shape index (κ3) is 5.37.